The third-order valence-electron chi connectivity index (χ3n) is 2.43. The zero-order valence-electron chi connectivity index (χ0n) is 10.2. The first-order valence-corrected chi connectivity index (χ1v) is 6.49. The minimum atomic E-state index is -0.326. The van der Waals surface area contributed by atoms with Crippen LogP contribution in [0.3, 0.4) is 0 Å². The Morgan fingerprint density at radius 3 is 2.25 bits per heavy atom. The third kappa shape index (κ3) is 4.37. The van der Waals surface area contributed by atoms with Crippen molar-refractivity contribution in [2.24, 2.45) is 0 Å². The normalized spacial score (nSPS) is 10.8. The molecule has 0 radical (unpaired) electrons. The summed E-state index contributed by atoms with van der Waals surface area (Å²) in [5, 5.41) is 3.52. The second-order valence-electron chi connectivity index (χ2n) is 4.03. The van der Waals surface area contributed by atoms with Gasteiger partial charge in [-0.3, -0.25) is 4.79 Å². The largest absolute Gasteiger partial charge is 0.322 e. The minimum Gasteiger partial charge on any atom is -0.322 e. The molecule has 2 aromatic rings. The molecule has 2 rings (SSSR count). The van der Waals surface area contributed by atoms with Crippen LogP contribution >= 0.6 is 23.2 Å². The molecule has 0 bridgehead atoms. The van der Waals surface area contributed by atoms with E-state index in [0.29, 0.717) is 15.7 Å². The average molecular weight is 310 g/mol. The van der Waals surface area contributed by atoms with Gasteiger partial charge in [0.1, 0.15) is 5.82 Å². The highest BCUT2D eigenvalue weighted by Gasteiger charge is 2.01. The van der Waals surface area contributed by atoms with Gasteiger partial charge in [-0.15, -0.1) is 0 Å². The predicted octanol–water partition coefficient (Wildman–Crippen LogP) is 4.78. The number of rotatable bonds is 3. The molecular weight excluding hydrogens is 300 g/mol. The number of hydrogen-bond acceptors (Lipinski definition) is 1. The molecule has 1 N–H and O–H groups in total. The molecule has 102 valence electrons. The predicted molar refractivity (Wildman–Crippen MR) is 80.5 cm³/mol. The zero-order chi connectivity index (χ0) is 14.5. The van der Waals surface area contributed by atoms with Gasteiger partial charge in [-0.1, -0.05) is 35.3 Å². The Balaban J connectivity index is 2.03. The number of benzene rings is 2. The molecule has 0 unspecified atom stereocenters. The Hall–Kier alpha value is -1.84. The number of hydrogen-bond donors (Lipinski definition) is 1. The molecule has 0 atom stereocenters. The van der Waals surface area contributed by atoms with Gasteiger partial charge in [0.05, 0.1) is 0 Å². The number of nitrogens with one attached hydrogen (secondary N) is 1. The molecule has 0 aliphatic carbocycles. The second-order valence-corrected chi connectivity index (χ2v) is 4.91. The van der Waals surface area contributed by atoms with Gasteiger partial charge in [-0.05, 0) is 42.0 Å². The van der Waals surface area contributed by atoms with Crippen molar-refractivity contribution >= 4 is 40.9 Å². The summed E-state index contributed by atoms with van der Waals surface area (Å²) in [4.78, 5) is 11.7. The van der Waals surface area contributed by atoms with Crippen molar-refractivity contribution in [2.45, 2.75) is 0 Å². The van der Waals surface area contributed by atoms with Crippen molar-refractivity contribution in [3.05, 3.63) is 70.0 Å². The van der Waals surface area contributed by atoms with Crippen LogP contribution in [0.2, 0.25) is 10.0 Å². The fourth-order valence-corrected chi connectivity index (χ4v) is 2.08. The van der Waals surface area contributed by atoms with Gasteiger partial charge < -0.3 is 5.32 Å². The van der Waals surface area contributed by atoms with Gasteiger partial charge in [-0.2, -0.15) is 0 Å². The second kappa shape index (κ2) is 6.55. The van der Waals surface area contributed by atoms with Gasteiger partial charge in [0, 0.05) is 21.8 Å². The number of carbonyl (C=O) groups excluding carboxylic acids is 1. The van der Waals surface area contributed by atoms with Crippen molar-refractivity contribution in [2.75, 3.05) is 5.32 Å². The van der Waals surface area contributed by atoms with Crippen LogP contribution in [0.15, 0.2) is 48.5 Å². The summed E-state index contributed by atoms with van der Waals surface area (Å²) in [7, 11) is 0. The Morgan fingerprint density at radius 2 is 1.65 bits per heavy atom. The topological polar surface area (TPSA) is 29.1 Å². The van der Waals surface area contributed by atoms with Crippen LogP contribution in [0, 0.1) is 5.82 Å². The molecular formula is C15H10Cl2FNO. The van der Waals surface area contributed by atoms with Crippen LogP contribution in [-0.2, 0) is 4.79 Å². The summed E-state index contributed by atoms with van der Waals surface area (Å²) in [5.41, 5.74) is 1.24. The maximum Gasteiger partial charge on any atom is 0.248 e. The van der Waals surface area contributed by atoms with Crippen molar-refractivity contribution in [1.29, 1.82) is 0 Å². The van der Waals surface area contributed by atoms with E-state index in [2.05, 4.69) is 5.32 Å². The molecule has 0 aliphatic heterocycles. The van der Waals surface area contributed by atoms with E-state index in [4.69, 9.17) is 23.2 Å². The lowest BCUT2D eigenvalue weighted by molar-refractivity contribution is -0.111. The maximum absolute atomic E-state index is 12.7. The van der Waals surface area contributed by atoms with Crippen LogP contribution in [-0.4, -0.2) is 5.91 Å². The first kappa shape index (κ1) is 14.6. The van der Waals surface area contributed by atoms with E-state index in [9.17, 15) is 9.18 Å². The Morgan fingerprint density at radius 1 is 1.05 bits per heavy atom. The smallest absolute Gasteiger partial charge is 0.248 e. The Labute approximate surface area is 125 Å². The van der Waals surface area contributed by atoms with Crippen molar-refractivity contribution < 1.29 is 9.18 Å². The van der Waals surface area contributed by atoms with Gasteiger partial charge in [0.2, 0.25) is 5.91 Å². The Kier molecular flexibility index (Phi) is 4.77. The fraction of sp³-hybridized carbons (Fsp3) is 0. The van der Waals surface area contributed by atoms with E-state index in [1.54, 1.807) is 36.4 Å². The van der Waals surface area contributed by atoms with E-state index in [1.165, 1.54) is 18.2 Å². The number of carbonyl (C=O) groups is 1. The van der Waals surface area contributed by atoms with E-state index < -0.39 is 0 Å². The summed E-state index contributed by atoms with van der Waals surface area (Å²) in [6, 6.07) is 10.6. The fourth-order valence-electron chi connectivity index (χ4n) is 1.56. The molecule has 0 saturated heterocycles. The average Bonchev–Trinajstić information content (AvgIpc) is 2.37. The highest BCUT2D eigenvalue weighted by Crippen LogP contribution is 2.22. The van der Waals surface area contributed by atoms with Crippen molar-refractivity contribution in [3.8, 4) is 0 Å². The number of anilines is 1. The number of halogens is 3. The van der Waals surface area contributed by atoms with Crippen LogP contribution in [0.5, 0.6) is 0 Å². The van der Waals surface area contributed by atoms with Crippen LogP contribution in [0.4, 0.5) is 10.1 Å². The molecule has 0 saturated carbocycles. The summed E-state index contributed by atoms with van der Waals surface area (Å²) in [6.45, 7) is 0. The van der Waals surface area contributed by atoms with E-state index in [-0.39, 0.29) is 11.7 Å². The SMILES string of the molecule is O=C(/C=C/c1ccc(F)cc1)Nc1cc(Cl)cc(Cl)c1. The van der Waals surface area contributed by atoms with E-state index >= 15 is 0 Å². The van der Waals surface area contributed by atoms with Gasteiger partial charge in [0.15, 0.2) is 0 Å². The highest BCUT2D eigenvalue weighted by molar-refractivity contribution is 6.35. The van der Waals surface area contributed by atoms with Gasteiger partial charge in [0.25, 0.3) is 0 Å². The molecule has 20 heavy (non-hydrogen) atoms. The molecule has 0 spiro atoms. The summed E-state index contributed by atoms with van der Waals surface area (Å²) in [5.74, 6) is -0.646. The molecule has 0 aromatic heterocycles. The van der Waals surface area contributed by atoms with E-state index in [1.807, 2.05) is 0 Å². The van der Waals surface area contributed by atoms with Crippen LogP contribution in [0.1, 0.15) is 5.56 Å². The lowest BCUT2D eigenvalue weighted by atomic mass is 10.2. The quantitative estimate of drug-likeness (QED) is 0.812. The molecule has 0 fully saturated rings. The van der Waals surface area contributed by atoms with Crippen LogP contribution in [0.25, 0.3) is 6.08 Å². The highest BCUT2D eigenvalue weighted by atomic mass is 35.5. The first-order chi connectivity index (χ1) is 9.52. The Bertz CT molecular complexity index is 633. The monoisotopic (exact) mass is 309 g/mol. The molecule has 0 aliphatic rings. The molecule has 5 heteroatoms. The summed E-state index contributed by atoms with van der Waals surface area (Å²) < 4.78 is 12.7. The molecule has 0 heterocycles. The zero-order valence-corrected chi connectivity index (χ0v) is 11.8. The summed E-state index contributed by atoms with van der Waals surface area (Å²) in [6.07, 6.45) is 2.93. The van der Waals surface area contributed by atoms with Crippen LogP contribution < -0.4 is 5.32 Å². The summed E-state index contributed by atoms with van der Waals surface area (Å²) >= 11 is 11.7. The maximum atomic E-state index is 12.7. The van der Waals surface area contributed by atoms with Gasteiger partial charge in [-0.25, -0.2) is 4.39 Å². The van der Waals surface area contributed by atoms with Gasteiger partial charge >= 0.3 is 0 Å². The van der Waals surface area contributed by atoms with Crippen molar-refractivity contribution in [1.82, 2.24) is 0 Å². The lowest BCUT2D eigenvalue weighted by Gasteiger charge is -2.03. The third-order valence-corrected chi connectivity index (χ3v) is 2.86. The number of amides is 1. The molecule has 2 aromatic carbocycles. The lowest BCUT2D eigenvalue weighted by Crippen LogP contribution is -2.07. The first-order valence-electron chi connectivity index (χ1n) is 5.74. The van der Waals surface area contributed by atoms with E-state index in [0.717, 1.165) is 5.56 Å². The van der Waals surface area contributed by atoms with Crippen molar-refractivity contribution in [3.63, 3.8) is 0 Å². The minimum absolute atomic E-state index is 0.319. The standard InChI is InChI=1S/C15H10Cl2FNO/c16-11-7-12(17)9-14(8-11)19-15(20)6-3-10-1-4-13(18)5-2-10/h1-9H,(H,19,20)/b6-3+. The molecule has 1 amide bonds. The molecule has 2 nitrogen and oxygen atoms in total.